The number of nitrogens with one attached hydrogen (secondary N) is 1. The van der Waals surface area contributed by atoms with Crippen LogP contribution >= 0.6 is 0 Å². The van der Waals surface area contributed by atoms with Crippen LogP contribution in [0.3, 0.4) is 0 Å². The number of likely N-dealkylation sites (N-methyl/N-ethyl adjacent to an activating group) is 1. The van der Waals surface area contributed by atoms with E-state index in [1.807, 2.05) is 18.2 Å². The molecule has 1 heterocycles. The fourth-order valence-corrected chi connectivity index (χ4v) is 3.17. The molecular weight excluding hydrogens is 300 g/mol. The highest BCUT2D eigenvalue weighted by atomic mass is 16.2. The molecule has 0 aliphatic carbocycles. The van der Waals surface area contributed by atoms with Gasteiger partial charge in [-0.1, -0.05) is 44.2 Å². The summed E-state index contributed by atoms with van der Waals surface area (Å²) in [6.45, 7) is 7.44. The van der Waals surface area contributed by atoms with E-state index < -0.39 is 0 Å². The smallest absolute Gasteiger partial charge is 0.241 e. The summed E-state index contributed by atoms with van der Waals surface area (Å²) in [7, 11) is 3.55. The molecule has 1 saturated heterocycles. The van der Waals surface area contributed by atoms with E-state index in [0.29, 0.717) is 18.4 Å². The molecule has 0 aromatic heterocycles. The van der Waals surface area contributed by atoms with Gasteiger partial charge >= 0.3 is 0 Å². The van der Waals surface area contributed by atoms with Crippen molar-refractivity contribution in [3.05, 3.63) is 35.9 Å². The Morgan fingerprint density at radius 3 is 2.42 bits per heavy atom. The Kier molecular flexibility index (Phi) is 6.64. The first-order chi connectivity index (χ1) is 11.5. The second kappa shape index (κ2) is 8.71. The van der Waals surface area contributed by atoms with Gasteiger partial charge < -0.3 is 15.1 Å². The molecular formula is C19H30N4O. The van der Waals surface area contributed by atoms with Crippen LogP contribution in [0.25, 0.3) is 0 Å². The second-order valence-corrected chi connectivity index (χ2v) is 7.12. The van der Waals surface area contributed by atoms with E-state index in [1.165, 1.54) is 12.0 Å². The van der Waals surface area contributed by atoms with Gasteiger partial charge in [0, 0.05) is 27.2 Å². The number of aliphatic imine (C=N–C) groups is 1. The number of carbonyl (C=O) groups is 1. The highest BCUT2D eigenvalue weighted by molar-refractivity contribution is 5.86. The molecule has 0 saturated carbocycles. The minimum absolute atomic E-state index is 0.0560. The van der Waals surface area contributed by atoms with Crippen LogP contribution in [0.1, 0.15) is 25.8 Å². The minimum atomic E-state index is 0.0560. The number of carbonyl (C=O) groups excluding carboxylic acids is 1. The molecule has 1 aliphatic rings. The molecule has 1 fully saturated rings. The number of benzene rings is 1. The average molecular weight is 330 g/mol. The Balaban J connectivity index is 2.09. The highest BCUT2D eigenvalue weighted by Gasteiger charge is 2.24. The van der Waals surface area contributed by atoms with E-state index in [4.69, 9.17) is 4.99 Å². The molecule has 1 N–H and O–H groups in total. The van der Waals surface area contributed by atoms with E-state index in [1.54, 1.807) is 19.0 Å². The van der Waals surface area contributed by atoms with Crippen LogP contribution in [0.2, 0.25) is 0 Å². The Labute approximate surface area is 145 Å². The lowest BCUT2D eigenvalue weighted by atomic mass is 9.92. The van der Waals surface area contributed by atoms with Gasteiger partial charge in [0.05, 0.1) is 13.1 Å². The number of likely N-dealkylation sites (tertiary alicyclic amines) is 1. The van der Waals surface area contributed by atoms with Gasteiger partial charge in [-0.15, -0.1) is 0 Å². The molecule has 2 rings (SSSR count). The van der Waals surface area contributed by atoms with Crippen LogP contribution in [-0.2, 0) is 11.3 Å². The third-order valence-electron chi connectivity index (χ3n) is 4.32. The van der Waals surface area contributed by atoms with Crippen LogP contribution in [0.5, 0.6) is 0 Å². The number of piperidine rings is 1. The minimum Gasteiger partial charge on any atom is -0.347 e. The molecule has 0 radical (unpaired) electrons. The van der Waals surface area contributed by atoms with Crippen molar-refractivity contribution >= 4 is 11.9 Å². The summed E-state index contributed by atoms with van der Waals surface area (Å²) in [4.78, 5) is 20.6. The number of guanidine groups is 1. The van der Waals surface area contributed by atoms with Gasteiger partial charge in [0.25, 0.3) is 0 Å². The monoisotopic (exact) mass is 330 g/mol. The summed E-state index contributed by atoms with van der Waals surface area (Å²) in [5.41, 5.74) is 1.17. The Morgan fingerprint density at radius 2 is 1.83 bits per heavy atom. The van der Waals surface area contributed by atoms with Crippen molar-refractivity contribution in [2.75, 3.05) is 33.7 Å². The summed E-state index contributed by atoms with van der Waals surface area (Å²) < 4.78 is 0. The van der Waals surface area contributed by atoms with Gasteiger partial charge in [-0.25, -0.2) is 4.99 Å². The zero-order valence-corrected chi connectivity index (χ0v) is 15.3. The van der Waals surface area contributed by atoms with E-state index in [9.17, 15) is 4.79 Å². The van der Waals surface area contributed by atoms with Gasteiger partial charge in [-0.05, 0) is 23.8 Å². The van der Waals surface area contributed by atoms with E-state index in [2.05, 4.69) is 36.2 Å². The summed E-state index contributed by atoms with van der Waals surface area (Å²) in [5.74, 6) is 2.18. The quantitative estimate of drug-likeness (QED) is 0.680. The molecule has 1 amide bonds. The topological polar surface area (TPSA) is 47.9 Å². The number of hydrogen-bond donors (Lipinski definition) is 1. The third kappa shape index (κ3) is 5.55. The Hall–Kier alpha value is -2.04. The maximum Gasteiger partial charge on any atom is 0.241 e. The molecule has 0 bridgehead atoms. The maximum absolute atomic E-state index is 11.9. The first-order valence-corrected chi connectivity index (χ1v) is 8.73. The molecule has 2 unspecified atom stereocenters. The molecule has 5 heteroatoms. The predicted octanol–water partition coefficient (Wildman–Crippen LogP) is 2.20. The highest BCUT2D eigenvalue weighted by Crippen LogP contribution is 2.21. The lowest BCUT2D eigenvalue weighted by Crippen LogP contribution is -2.50. The number of nitrogens with zero attached hydrogens (tertiary/aromatic N) is 3. The van der Waals surface area contributed by atoms with Gasteiger partial charge in [0.15, 0.2) is 5.96 Å². The fourth-order valence-electron chi connectivity index (χ4n) is 3.17. The second-order valence-electron chi connectivity index (χ2n) is 7.12. The number of hydrogen-bond acceptors (Lipinski definition) is 2. The number of amides is 1. The van der Waals surface area contributed by atoms with Crippen molar-refractivity contribution in [2.45, 2.75) is 26.8 Å². The molecule has 1 aliphatic heterocycles. The maximum atomic E-state index is 11.9. The van der Waals surface area contributed by atoms with Crippen LogP contribution in [-0.4, -0.2) is 55.4 Å². The third-order valence-corrected chi connectivity index (χ3v) is 4.32. The standard InChI is InChI=1S/C19H30N4O/c1-15-10-16(2)14-23(13-15)19(21-12-18(24)22(3)4)20-11-17-8-6-5-7-9-17/h5-9,15-16H,10-14H2,1-4H3,(H,20,21). The van der Waals surface area contributed by atoms with Crippen LogP contribution in [0.4, 0.5) is 0 Å². The summed E-state index contributed by atoms with van der Waals surface area (Å²) >= 11 is 0. The SMILES string of the molecule is CC1CC(C)CN(C(=NCc2ccccc2)NCC(=O)N(C)C)C1. The molecule has 132 valence electrons. The van der Waals surface area contributed by atoms with Crippen molar-refractivity contribution in [3.63, 3.8) is 0 Å². The van der Waals surface area contributed by atoms with Crippen molar-refractivity contribution in [3.8, 4) is 0 Å². The molecule has 0 spiro atoms. The Bertz CT molecular complexity index is 546. The molecule has 2 atom stereocenters. The van der Waals surface area contributed by atoms with E-state index in [-0.39, 0.29) is 12.5 Å². The zero-order valence-electron chi connectivity index (χ0n) is 15.3. The van der Waals surface area contributed by atoms with Gasteiger partial charge in [-0.3, -0.25) is 4.79 Å². The van der Waals surface area contributed by atoms with Crippen LogP contribution in [0, 0.1) is 11.8 Å². The van der Waals surface area contributed by atoms with Crippen molar-refractivity contribution < 1.29 is 4.79 Å². The van der Waals surface area contributed by atoms with E-state index >= 15 is 0 Å². The largest absolute Gasteiger partial charge is 0.347 e. The molecule has 24 heavy (non-hydrogen) atoms. The summed E-state index contributed by atoms with van der Waals surface area (Å²) in [6.07, 6.45) is 1.25. The summed E-state index contributed by atoms with van der Waals surface area (Å²) in [5, 5.41) is 3.27. The molecule has 5 nitrogen and oxygen atoms in total. The van der Waals surface area contributed by atoms with Crippen LogP contribution < -0.4 is 5.32 Å². The van der Waals surface area contributed by atoms with Crippen molar-refractivity contribution in [2.24, 2.45) is 16.8 Å². The molecule has 1 aromatic carbocycles. The average Bonchev–Trinajstić information content (AvgIpc) is 2.54. The Morgan fingerprint density at radius 1 is 1.21 bits per heavy atom. The fraction of sp³-hybridized carbons (Fsp3) is 0.579. The number of rotatable bonds is 4. The lowest BCUT2D eigenvalue weighted by molar-refractivity contribution is -0.127. The van der Waals surface area contributed by atoms with Gasteiger partial charge in [0.2, 0.25) is 5.91 Å². The zero-order chi connectivity index (χ0) is 17.5. The van der Waals surface area contributed by atoms with Gasteiger partial charge in [0.1, 0.15) is 0 Å². The first-order valence-electron chi connectivity index (χ1n) is 8.73. The van der Waals surface area contributed by atoms with Gasteiger partial charge in [-0.2, -0.15) is 0 Å². The summed E-state index contributed by atoms with van der Waals surface area (Å²) in [6, 6.07) is 10.2. The van der Waals surface area contributed by atoms with E-state index in [0.717, 1.165) is 19.0 Å². The lowest BCUT2D eigenvalue weighted by Gasteiger charge is -2.37. The van der Waals surface area contributed by atoms with Crippen molar-refractivity contribution in [1.29, 1.82) is 0 Å². The molecule has 1 aromatic rings. The van der Waals surface area contributed by atoms with Crippen LogP contribution in [0.15, 0.2) is 35.3 Å². The van der Waals surface area contributed by atoms with Crippen molar-refractivity contribution in [1.82, 2.24) is 15.1 Å². The predicted molar refractivity (Wildman–Crippen MR) is 98.8 cm³/mol. The normalized spacial score (nSPS) is 21.5. The first kappa shape index (κ1) is 18.3.